The van der Waals surface area contributed by atoms with E-state index < -0.39 is 12.0 Å². The van der Waals surface area contributed by atoms with Gasteiger partial charge in [-0.1, -0.05) is 0 Å². The van der Waals surface area contributed by atoms with Crippen molar-refractivity contribution in [1.29, 1.82) is 0 Å². The van der Waals surface area contributed by atoms with Gasteiger partial charge < -0.3 is 36.7 Å². The lowest BCUT2D eigenvalue weighted by Gasteiger charge is -2.26. The summed E-state index contributed by atoms with van der Waals surface area (Å²) >= 11 is 0. The number of carbonyl (C=O) groups is 2. The number of benzene rings is 1. The molecule has 1 aliphatic rings. The summed E-state index contributed by atoms with van der Waals surface area (Å²) in [7, 11) is 0. The minimum atomic E-state index is -0.811. The predicted octanol–water partition coefficient (Wildman–Crippen LogP) is 0.366. The monoisotopic (exact) mass is 395 g/mol. The molecule has 0 atom stereocenters. The van der Waals surface area contributed by atoms with Crippen LogP contribution in [0.1, 0.15) is 23.2 Å². The molecule has 0 aliphatic carbocycles. The summed E-state index contributed by atoms with van der Waals surface area (Å²) in [5.41, 5.74) is 17.6. The molecule has 2 rings (SSSR count). The molecule has 1 saturated heterocycles. The van der Waals surface area contributed by atoms with Gasteiger partial charge in [-0.25, -0.2) is 4.79 Å². The zero-order chi connectivity index (χ0) is 20.4. The summed E-state index contributed by atoms with van der Waals surface area (Å²) in [6.07, 6.45) is 0.554. The van der Waals surface area contributed by atoms with E-state index in [1.165, 1.54) is 6.07 Å². The van der Waals surface area contributed by atoms with Crippen molar-refractivity contribution in [2.24, 2.45) is 11.5 Å². The Morgan fingerprint density at radius 1 is 1.14 bits per heavy atom. The number of ether oxygens (including phenoxy) is 3. The van der Waals surface area contributed by atoms with Crippen LogP contribution >= 0.6 is 0 Å². The van der Waals surface area contributed by atoms with Gasteiger partial charge in [0.1, 0.15) is 11.4 Å². The first kappa shape index (κ1) is 21.6. The van der Waals surface area contributed by atoms with Gasteiger partial charge in [-0.05, 0) is 25.0 Å². The molecule has 10 nitrogen and oxygen atoms in total. The Balaban J connectivity index is 1.92. The molecule has 1 fully saturated rings. The molecule has 1 heterocycles. The van der Waals surface area contributed by atoms with E-state index in [0.717, 1.165) is 39.3 Å². The van der Waals surface area contributed by atoms with Gasteiger partial charge in [0.15, 0.2) is 0 Å². The predicted molar refractivity (Wildman–Crippen MR) is 105 cm³/mol. The lowest BCUT2D eigenvalue weighted by molar-refractivity contribution is 0.0358. The summed E-state index contributed by atoms with van der Waals surface area (Å²) in [6, 6.07) is 3.08. The van der Waals surface area contributed by atoms with Crippen molar-refractivity contribution in [3.63, 3.8) is 0 Å². The van der Waals surface area contributed by atoms with Crippen molar-refractivity contribution in [2.45, 2.75) is 12.8 Å². The second-order valence-corrected chi connectivity index (χ2v) is 6.41. The Hall–Kier alpha value is -2.72. The SMILES string of the molecule is NC(=O)OCCCNc1c(N)cc(C(N)=O)cc1OCCCN1CCOCC1. The van der Waals surface area contributed by atoms with Crippen LogP contribution in [0.2, 0.25) is 0 Å². The highest BCUT2D eigenvalue weighted by atomic mass is 16.5. The van der Waals surface area contributed by atoms with Crippen LogP contribution in [0.3, 0.4) is 0 Å². The third kappa shape index (κ3) is 7.12. The van der Waals surface area contributed by atoms with Crippen LogP contribution in [0.15, 0.2) is 12.1 Å². The fraction of sp³-hybridized carbons (Fsp3) is 0.556. The Morgan fingerprint density at radius 2 is 1.89 bits per heavy atom. The van der Waals surface area contributed by atoms with Gasteiger partial charge in [0.05, 0.1) is 32.1 Å². The largest absolute Gasteiger partial charge is 0.491 e. The van der Waals surface area contributed by atoms with Crippen LogP contribution < -0.4 is 27.3 Å². The topological polar surface area (TPSA) is 155 Å². The van der Waals surface area contributed by atoms with Crippen molar-refractivity contribution >= 4 is 23.4 Å². The first-order valence-electron chi connectivity index (χ1n) is 9.29. The van der Waals surface area contributed by atoms with Crippen LogP contribution in [0, 0.1) is 0 Å². The molecule has 7 N–H and O–H groups in total. The molecule has 0 radical (unpaired) electrons. The molecule has 1 aromatic rings. The average Bonchev–Trinajstić information content (AvgIpc) is 2.66. The fourth-order valence-corrected chi connectivity index (χ4v) is 2.84. The molecule has 0 aromatic heterocycles. The number of nitrogen functional groups attached to an aromatic ring is 1. The van der Waals surface area contributed by atoms with E-state index in [1.54, 1.807) is 6.07 Å². The standard InChI is InChI=1S/C18H29N5O5/c19-14-11-13(17(20)24)12-15(16(14)22-3-1-7-28-18(21)25)27-8-2-4-23-5-9-26-10-6-23/h11-12,22H,1-10,19H2,(H2,20,24)(H2,21,25). The van der Waals surface area contributed by atoms with E-state index in [0.29, 0.717) is 36.7 Å². The maximum Gasteiger partial charge on any atom is 0.404 e. The third-order valence-electron chi connectivity index (χ3n) is 4.26. The Kier molecular flexibility index (Phi) is 8.63. The maximum absolute atomic E-state index is 11.5. The number of morpholine rings is 1. The Bertz CT molecular complexity index is 664. The second kappa shape index (κ2) is 11.2. The van der Waals surface area contributed by atoms with Gasteiger partial charge in [0.2, 0.25) is 5.91 Å². The summed E-state index contributed by atoms with van der Waals surface area (Å²) < 4.78 is 15.9. The number of amides is 2. The number of carbonyl (C=O) groups excluding carboxylic acids is 2. The molecule has 0 unspecified atom stereocenters. The zero-order valence-electron chi connectivity index (χ0n) is 15.9. The quantitative estimate of drug-likeness (QED) is 0.309. The highest BCUT2D eigenvalue weighted by molar-refractivity contribution is 5.96. The van der Waals surface area contributed by atoms with Crippen molar-refractivity contribution in [3.8, 4) is 5.75 Å². The highest BCUT2D eigenvalue weighted by Gasteiger charge is 2.14. The van der Waals surface area contributed by atoms with Crippen LogP contribution in [-0.4, -0.2) is 69.5 Å². The lowest BCUT2D eigenvalue weighted by atomic mass is 10.1. The number of hydrogen-bond acceptors (Lipinski definition) is 8. The summed E-state index contributed by atoms with van der Waals surface area (Å²) in [5, 5.41) is 3.15. The molecule has 0 spiro atoms. The molecule has 1 aromatic carbocycles. The Labute approximate surface area is 164 Å². The minimum Gasteiger partial charge on any atom is -0.491 e. The molecular weight excluding hydrogens is 366 g/mol. The number of nitrogens with zero attached hydrogens (tertiary/aromatic N) is 1. The van der Waals surface area contributed by atoms with Crippen LogP contribution in [-0.2, 0) is 9.47 Å². The van der Waals surface area contributed by atoms with E-state index in [4.69, 9.17) is 26.7 Å². The molecular formula is C18H29N5O5. The molecule has 156 valence electrons. The van der Waals surface area contributed by atoms with Crippen molar-refractivity contribution in [1.82, 2.24) is 4.90 Å². The second-order valence-electron chi connectivity index (χ2n) is 6.41. The van der Waals surface area contributed by atoms with E-state index in [2.05, 4.69) is 15.0 Å². The normalized spacial score (nSPS) is 14.4. The van der Waals surface area contributed by atoms with E-state index >= 15 is 0 Å². The number of hydrogen-bond donors (Lipinski definition) is 4. The third-order valence-corrected chi connectivity index (χ3v) is 4.26. The van der Waals surface area contributed by atoms with Crippen molar-refractivity contribution < 1.29 is 23.8 Å². The van der Waals surface area contributed by atoms with Gasteiger partial charge in [-0.3, -0.25) is 9.69 Å². The van der Waals surface area contributed by atoms with E-state index in [9.17, 15) is 9.59 Å². The molecule has 0 saturated carbocycles. The number of anilines is 2. The van der Waals surface area contributed by atoms with Crippen LogP contribution in [0.5, 0.6) is 5.75 Å². The summed E-state index contributed by atoms with van der Waals surface area (Å²) in [4.78, 5) is 24.4. The average molecular weight is 395 g/mol. The van der Waals surface area contributed by atoms with Crippen LogP contribution in [0.25, 0.3) is 0 Å². The van der Waals surface area contributed by atoms with Crippen molar-refractivity contribution in [2.75, 3.05) is 63.7 Å². The van der Waals surface area contributed by atoms with Gasteiger partial charge in [-0.15, -0.1) is 0 Å². The molecule has 28 heavy (non-hydrogen) atoms. The van der Waals surface area contributed by atoms with Gasteiger partial charge >= 0.3 is 6.09 Å². The maximum atomic E-state index is 11.5. The van der Waals surface area contributed by atoms with Gasteiger partial charge in [0.25, 0.3) is 0 Å². The molecule has 0 bridgehead atoms. The zero-order valence-corrected chi connectivity index (χ0v) is 15.9. The highest BCUT2D eigenvalue weighted by Crippen LogP contribution is 2.32. The number of primary amides is 2. The number of nitrogens with two attached hydrogens (primary N) is 3. The summed E-state index contributed by atoms with van der Waals surface area (Å²) in [6.45, 7) is 5.40. The smallest absolute Gasteiger partial charge is 0.404 e. The lowest BCUT2D eigenvalue weighted by Crippen LogP contribution is -2.37. The van der Waals surface area contributed by atoms with E-state index in [-0.39, 0.29) is 12.2 Å². The van der Waals surface area contributed by atoms with Crippen molar-refractivity contribution in [3.05, 3.63) is 17.7 Å². The Morgan fingerprint density at radius 3 is 2.57 bits per heavy atom. The minimum absolute atomic E-state index is 0.192. The fourth-order valence-electron chi connectivity index (χ4n) is 2.84. The van der Waals surface area contributed by atoms with E-state index in [1.807, 2.05) is 0 Å². The van der Waals surface area contributed by atoms with Crippen LogP contribution in [0.4, 0.5) is 16.2 Å². The first-order chi connectivity index (χ1) is 13.5. The molecule has 1 aliphatic heterocycles. The number of nitrogens with one attached hydrogen (secondary N) is 1. The number of rotatable bonds is 11. The molecule has 10 heteroatoms. The summed E-state index contributed by atoms with van der Waals surface area (Å²) in [5.74, 6) is -0.113. The first-order valence-corrected chi connectivity index (χ1v) is 9.29. The molecule has 2 amide bonds. The van der Waals surface area contributed by atoms with Gasteiger partial charge in [-0.2, -0.15) is 0 Å². The van der Waals surface area contributed by atoms with Gasteiger partial charge in [0, 0.05) is 31.7 Å².